The highest BCUT2D eigenvalue weighted by atomic mass is 32.1. The van der Waals surface area contributed by atoms with Crippen molar-refractivity contribution < 1.29 is 9.32 Å². The van der Waals surface area contributed by atoms with Crippen LogP contribution in [0.4, 0.5) is 0 Å². The fourth-order valence-electron chi connectivity index (χ4n) is 1.80. The van der Waals surface area contributed by atoms with Crippen LogP contribution in [-0.4, -0.2) is 11.1 Å². The third-order valence-electron chi connectivity index (χ3n) is 2.80. The first kappa shape index (κ1) is 12.6. The molecule has 0 saturated heterocycles. The van der Waals surface area contributed by atoms with Gasteiger partial charge in [0.1, 0.15) is 5.69 Å². The van der Waals surface area contributed by atoms with Crippen LogP contribution in [0, 0.1) is 0 Å². The summed E-state index contributed by atoms with van der Waals surface area (Å²) in [5.41, 5.74) is 1.76. The number of hydrogen-bond acceptors (Lipinski definition) is 4. The predicted molar refractivity (Wildman–Crippen MR) is 77.4 cm³/mol. The van der Waals surface area contributed by atoms with Crippen molar-refractivity contribution in [1.82, 2.24) is 10.5 Å². The van der Waals surface area contributed by atoms with Crippen molar-refractivity contribution in [2.45, 2.75) is 6.54 Å². The van der Waals surface area contributed by atoms with Crippen molar-refractivity contribution in [1.29, 1.82) is 0 Å². The maximum atomic E-state index is 11.8. The van der Waals surface area contributed by atoms with E-state index in [1.165, 1.54) is 11.3 Å². The Morgan fingerprint density at radius 2 is 2.05 bits per heavy atom. The molecule has 1 amide bonds. The van der Waals surface area contributed by atoms with E-state index in [2.05, 4.69) is 10.5 Å². The number of carbonyl (C=O) groups is 1. The Labute approximate surface area is 120 Å². The van der Waals surface area contributed by atoms with Gasteiger partial charge in [-0.2, -0.15) is 0 Å². The third kappa shape index (κ3) is 2.78. The SMILES string of the molecule is O=C(NCc1cc(-c2ccccc2)no1)c1cccs1. The third-order valence-corrected chi connectivity index (χ3v) is 3.67. The van der Waals surface area contributed by atoms with Gasteiger partial charge in [0, 0.05) is 11.6 Å². The van der Waals surface area contributed by atoms with Gasteiger partial charge in [0.25, 0.3) is 5.91 Å². The van der Waals surface area contributed by atoms with Gasteiger partial charge in [0.15, 0.2) is 5.76 Å². The second kappa shape index (κ2) is 5.71. The largest absolute Gasteiger partial charge is 0.359 e. The summed E-state index contributed by atoms with van der Waals surface area (Å²) >= 11 is 1.41. The van der Waals surface area contributed by atoms with E-state index < -0.39 is 0 Å². The van der Waals surface area contributed by atoms with Gasteiger partial charge in [-0.05, 0) is 11.4 Å². The lowest BCUT2D eigenvalue weighted by atomic mass is 10.1. The molecule has 1 N–H and O–H groups in total. The first-order valence-electron chi connectivity index (χ1n) is 6.15. The summed E-state index contributed by atoms with van der Waals surface area (Å²) in [5.74, 6) is 0.534. The van der Waals surface area contributed by atoms with E-state index in [0.29, 0.717) is 17.2 Å². The van der Waals surface area contributed by atoms with Crippen LogP contribution in [0.3, 0.4) is 0 Å². The number of hydrogen-bond donors (Lipinski definition) is 1. The molecule has 0 aliphatic carbocycles. The first-order valence-corrected chi connectivity index (χ1v) is 7.03. The molecule has 20 heavy (non-hydrogen) atoms. The lowest BCUT2D eigenvalue weighted by Crippen LogP contribution is -2.21. The summed E-state index contributed by atoms with van der Waals surface area (Å²) < 4.78 is 5.23. The van der Waals surface area contributed by atoms with E-state index in [4.69, 9.17) is 4.52 Å². The van der Waals surface area contributed by atoms with Crippen molar-refractivity contribution in [3.05, 3.63) is 64.5 Å². The topological polar surface area (TPSA) is 55.1 Å². The molecular formula is C15H12N2O2S. The number of amides is 1. The smallest absolute Gasteiger partial charge is 0.261 e. The Morgan fingerprint density at radius 1 is 1.20 bits per heavy atom. The van der Waals surface area contributed by atoms with Crippen LogP contribution in [0.2, 0.25) is 0 Å². The highest BCUT2D eigenvalue weighted by molar-refractivity contribution is 7.12. The van der Waals surface area contributed by atoms with E-state index in [9.17, 15) is 4.79 Å². The predicted octanol–water partition coefficient (Wildman–Crippen LogP) is 3.33. The summed E-state index contributed by atoms with van der Waals surface area (Å²) in [6.07, 6.45) is 0. The van der Waals surface area contributed by atoms with Crippen LogP contribution in [0.1, 0.15) is 15.4 Å². The molecule has 0 aliphatic rings. The van der Waals surface area contributed by atoms with Crippen molar-refractivity contribution in [2.24, 2.45) is 0 Å². The number of rotatable bonds is 4. The lowest BCUT2D eigenvalue weighted by molar-refractivity contribution is 0.0951. The molecule has 0 spiro atoms. The average Bonchev–Trinajstić information content (AvgIpc) is 3.17. The van der Waals surface area contributed by atoms with E-state index >= 15 is 0 Å². The van der Waals surface area contributed by atoms with Gasteiger partial charge in [0.05, 0.1) is 11.4 Å². The zero-order valence-electron chi connectivity index (χ0n) is 10.6. The van der Waals surface area contributed by atoms with Crippen molar-refractivity contribution in [2.75, 3.05) is 0 Å². The number of nitrogens with zero attached hydrogens (tertiary/aromatic N) is 1. The Kier molecular flexibility index (Phi) is 3.60. The van der Waals surface area contributed by atoms with Crippen molar-refractivity contribution >= 4 is 17.2 Å². The molecule has 0 saturated carbocycles. The zero-order chi connectivity index (χ0) is 13.8. The van der Waals surface area contributed by atoms with Gasteiger partial charge >= 0.3 is 0 Å². The fraction of sp³-hybridized carbons (Fsp3) is 0.0667. The summed E-state index contributed by atoms with van der Waals surface area (Å²) in [5, 5.41) is 8.68. The highest BCUT2D eigenvalue weighted by Gasteiger charge is 2.09. The summed E-state index contributed by atoms with van der Waals surface area (Å²) in [6.45, 7) is 0.330. The van der Waals surface area contributed by atoms with Crippen LogP contribution in [-0.2, 0) is 6.54 Å². The van der Waals surface area contributed by atoms with Gasteiger partial charge in [-0.1, -0.05) is 41.6 Å². The second-order valence-corrected chi connectivity index (χ2v) is 5.15. The fourth-order valence-corrected chi connectivity index (χ4v) is 2.44. The van der Waals surface area contributed by atoms with E-state index in [1.54, 1.807) is 6.07 Å². The number of thiophene rings is 1. The molecule has 3 rings (SSSR count). The molecule has 2 aromatic heterocycles. The molecule has 0 radical (unpaired) electrons. The van der Waals surface area contributed by atoms with Gasteiger partial charge in [-0.25, -0.2) is 0 Å². The van der Waals surface area contributed by atoms with Gasteiger partial charge in [0.2, 0.25) is 0 Å². The molecule has 3 aromatic rings. The average molecular weight is 284 g/mol. The molecule has 5 heteroatoms. The normalized spacial score (nSPS) is 10.4. The number of aromatic nitrogens is 1. The van der Waals surface area contributed by atoms with Crippen molar-refractivity contribution in [3.8, 4) is 11.3 Å². The first-order chi connectivity index (χ1) is 9.83. The Bertz CT molecular complexity index is 690. The van der Waals surface area contributed by atoms with Crippen LogP contribution < -0.4 is 5.32 Å². The molecule has 0 bridgehead atoms. The lowest BCUT2D eigenvalue weighted by Gasteiger charge is -1.99. The minimum atomic E-state index is -0.0994. The monoisotopic (exact) mass is 284 g/mol. The Morgan fingerprint density at radius 3 is 2.80 bits per heavy atom. The minimum Gasteiger partial charge on any atom is -0.359 e. The molecule has 4 nitrogen and oxygen atoms in total. The molecule has 0 unspecified atom stereocenters. The summed E-state index contributed by atoms with van der Waals surface area (Å²) in [7, 11) is 0. The van der Waals surface area contributed by atoms with Gasteiger partial charge in [-0.3, -0.25) is 4.79 Å². The molecule has 0 aliphatic heterocycles. The van der Waals surface area contributed by atoms with Crippen LogP contribution >= 0.6 is 11.3 Å². The van der Waals surface area contributed by atoms with Crippen molar-refractivity contribution in [3.63, 3.8) is 0 Å². The van der Waals surface area contributed by atoms with E-state index in [0.717, 1.165) is 11.3 Å². The molecule has 100 valence electrons. The summed E-state index contributed by atoms with van der Waals surface area (Å²) in [6, 6.07) is 15.2. The van der Waals surface area contributed by atoms with Crippen LogP contribution in [0.5, 0.6) is 0 Å². The number of benzene rings is 1. The molecule has 0 fully saturated rings. The van der Waals surface area contributed by atoms with Crippen LogP contribution in [0.15, 0.2) is 58.4 Å². The minimum absolute atomic E-state index is 0.0994. The van der Waals surface area contributed by atoms with Crippen LogP contribution in [0.25, 0.3) is 11.3 Å². The Hall–Kier alpha value is -2.40. The van der Waals surface area contributed by atoms with E-state index in [1.807, 2.05) is 47.8 Å². The molecular weight excluding hydrogens is 272 g/mol. The maximum Gasteiger partial charge on any atom is 0.261 e. The standard InChI is InChI=1S/C15H12N2O2S/c18-15(14-7-4-8-20-14)16-10-12-9-13(17-19-12)11-5-2-1-3-6-11/h1-9H,10H2,(H,16,18). The Balaban J connectivity index is 1.65. The van der Waals surface area contributed by atoms with E-state index in [-0.39, 0.29) is 5.91 Å². The number of carbonyl (C=O) groups excluding carboxylic acids is 1. The molecule has 1 aromatic carbocycles. The molecule has 2 heterocycles. The van der Waals surface area contributed by atoms with Gasteiger partial charge < -0.3 is 9.84 Å². The van der Waals surface area contributed by atoms with Gasteiger partial charge in [-0.15, -0.1) is 11.3 Å². The summed E-state index contributed by atoms with van der Waals surface area (Å²) in [4.78, 5) is 12.5. The second-order valence-electron chi connectivity index (χ2n) is 4.20. The quantitative estimate of drug-likeness (QED) is 0.799. The zero-order valence-corrected chi connectivity index (χ0v) is 11.4. The number of nitrogens with one attached hydrogen (secondary N) is 1. The highest BCUT2D eigenvalue weighted by Crippen LogP contribution is 2.18. The molecule has 0 atom stereocenters. The maximum absolute atomic E-state index is 11.8.